The van der Waals surface area contributed by atoms with Crippen LogP contribution in [0.5, 0.6) is 0 Å². The second kappa shape index (κ2) is 6.55. The highest BCUT2D eigenvalue weighted by atomic mass is 35.5. The van der Waals surface area contributed by atoms with Crippen LogP contribution in [0.25, 0.3) is 21.5 Å². The van der Waals surface area contributed by atoms with Gasteiger partial charge in [0.15, 0.2) is 0 Å². The summed E-state index contributed by atoms with van der Waals surface area (Å²) in [6.45, 7) is 0.617. The van der Waals surface area contributed by atoms with Gasteiger partial charge in [-0.3, -0.25) is 4.98 Å². The lowest BCUT2D eigenvalue weighted by molar-refractivity contribution is 0.993. The molecule has 0 saturated heterocycles. The fourth-order valence-corrected chi connectivity index (χ4v) is 3.42. The molecule has 0 aliphatic heterocycles. The third-order valence-electron chi connectivity index (χ3n) is 3.62. The molecule has 2 aromatic heterocycles. The molecule has 0 bridgehead atoms. The molecule has 0 atom stereocenters. The Bertz CT molecular complexity index is 985. The van der Waals surface area contributed by atoms with E-state index in [2.05, 4.69) is 20.5 Å². The summed E-state index contributed by atoms with van der Waals surface area (Å²) < 4.78 is 0. The number of pyridine rings is 1. The fourth-order valence-electron chi connectivity index (χ4n) is 2.47. The molecule has 118 valence electrons. The molecule has 2 aromatic carbocycles. The second-order valence-electron chi connectivity index (χ2n) is 5.24. The second-order valence-corrected chi connectivity index (χ2v) is 6.74. The van der Waals surface area contributed by atoms with E-state index in [1.165, 1.54) is 0 Å². The Morgan fingerprint density at radius 3 is 2.75 bits per heavy atom. The zero-order valence-electron chi connectivity index (χ0n) is 12.6. The van der Waals surface area contributed by atoms with Gasteiger partial charge < -0.3 is 5.32 Å². The Hall–Kier alpha value is -2.50. The van der Waals surface area contributed by atoms with E-state index in [9.17, 15) is 0 Å². The lowest BCUT2D eigenvalue weighted by Gasteiger charge is -2.07. The van der Waals surface area contributed by atoms with Crippen LogP contribution in [0.1, 0.15) is 5.01 Å². The number of anilines is 1. The van der Waals surface area contributed by atoms with Crippen molar-refractivity contribution in [3.05, 3.63) is 70.8 Å². The van der Waals surface area contributed by atoms with Crippen LogP contribution in [0.2, 0.25) is 5.02 Å². The normalized spacial score (nSPS) is 10.9. The molecule has 4 rings (SSSR count). The fraction of sp³-hybridized carbons (Fsp3) is 0.0556. The van der Waals surface area contributed by atoms with Crippen molar-refractivity contribution in [1.82, 2.24) is 15.2 Å². The van der Waals surface area contributed by atoms with Gasteiger partial charge in [0.1, 0.15) is 10.0 Å². The summed E-state index contributed by atoms with van der Waals surface area (Å²) >= 11 is 7.62. The zero-order chi connectivity index (χ0) is 16.4. The monoisotopic (exact) mass is 352 g/mol. The first-order valence-electron chi connectivity index (χ1n) is 7.45. The molecule has 0 amide bonds. The SMILES string of the molecule is Clc1ccc2c(NCc3nnc(-c4ccccc4)s3)ccnc2c1. The number of aromatic nitrogens is 3. The molecule has 0 saturated carbocycles. The van der Waals surface area contributed by atoms with Crippen molar-refractivity contribution in [2.24, 2.45) is 0 Å². The predicted molar refractivity (Wildman–Crippen MR) is 99.4 cm³/mol. The third kappa shape index (κ3) is 3.09. The molecule has 0 spiro atoms. The predicted octanol–water partition coefficient (Wildman–Crippen LogP) is 5.02. The summed E-state index contributed by atoms with van der Waals surface area (Å²) in [4.78, 5) is 4.35. The Balaban J connectivity index is 1.55. The van der Waals surface area contributed by atoms with Crippen molar-refractivity contribution in [3.63, 3.8) is 0 Å². The summed E-state index contributed by atoms with van der Waals surface area (Å²) in [6, 6.07) is 17.7. The van der Waals surface area contributed by atoms with Crippen LogP contribution < -0.4 is 5.32 Å². The van der Waals surface area contributed by atoms with Gasteiger partial charge in [-0.05, 0) is 24.3 Å². The summed E-state index contributed by atoms with van der Waals surface area (Å²) in [7, 11) is 0. The molecule has 6 heteroatoms. The average molecular weight is 353 g/mol. The van der Waals surface area contributed by atoms with Crippen molar-refractivity contribution < 1.29 is 0 Å². The molecule has 4 nitrogen and oxygen atoms in total. The van der Waals surface area contributed by atoms with Crippen LogP contribution in [0.3, 0.4) is 0 Å². The molecule has 0 aliphatic carbocycles. The van der Waals surface area contributed by atoms with Gasteiger partial charge in [-0.2, -0.15) is 0 Å². The number of benzene rings is 2. The standard InChI is InChI=1S/C18H13ClN4S/c19-13-6-7-14-15(8-9-20-16(14)10-13)21-11-17-22-23-18(24-17)12-4-2-1-3-5-12/h1-10H,11H2,(H,20,21). The quantitative estimate of drug-likeness (QED) is 0.560. The van der Waals surface area contributed by atoms with Crippen LogP contribution in [0.15, 0.2) is 60.8 Å². The van der Waals surface area contributed by atoms with E-state index in [-0.39, 0.29) is 0 Å². The van der Waals surface area contributed by atoms with Crippen molar-refractivity contribution in [3.8, 4) is 10.6 Å². The molecular formula is C18H13ClN4S. The van der Waals surface area contributed by atoms with Gasteiger partial charge in [-0.15, -0.1) is 10.2 Å². The molecule has 24 heavy (non-hydrogen) atoms. The minimum atomic E-state index is 0.617. The Morgan fingerprint density at radius 1 is 1.00 bits per heavy atom. The number of halogens is 1. The lowest BCUT2D eigenvalue weighted by Crippen LogP contribution is -2.00. The third-order valence-corrected chi connectivity index (χ3v) is 4.83. The van der Waals surface area contributed by atoms with Crippen molar-refractivity contribution >= 4 is 39.5 Å². The molecule has 0 fully saturated rings. The van der Waals surface area contributed by atoms with Crippen LogP contribution in [-0.2, 0) is 6.54 Å². The summed E-state index contributed by atoms with van der Waals surface area (Å²) in [5.74, 6) is 0. The van der Waals surface area contributed by atoms with E-state index >= 15 is 0 Å². The molecule has 1 N–H and O–H groups in total. The van der Waals surface area contributed by atoms with E-state index in [0.717, 1.165) is 32.2 Å². The van der Waals surface area contributed by atoms with Gasteiger partial charge in [-0.25, -0.2) is 0 Å². The number of nitrogens with zero attached hydrogens (tertiary/aromatic N) is 3. The number of rotatable bonds is 4. The number of nitrogens with one attached hydrogen (secondary N) is 1. The van der Waals surface area contributed by atoms with Crippen molar-refractivity contribution in [2.45, 2.75) is 6.54 Å². The molecule has 4 aromatic rings. The van der Waals surface area contributed by atoms with E-state index in [4.69, 9.17) is 11.6 Å². The maximum Gasteiger partial charge on any atom is 0.147 e. The van der Waals surface area contributed by atoms with Crippen LogP contribution in [-0.4, -0.2) is 15.2 Å². The molecular weight excluding hydrogens is 340 g/mol. The maximum atomic E-state index is 6.03. The number of fused-ring (bicyclic) bond motifs is 1. The highest BCUT2D eigenvalue weighted by Crippen LogP contribution is 2.26. The highest BCUT2D eigenvalue weighted by Gasteiger charge is 2.07. The zero-order valence-corrected chi connectivity index (χ0v) is 14.2. The van der Waals surface area contributed by atoms with Crippen molar-refractivity contribution in [2.75, 3.05) is 5.32 Å². The molecule has 2 heterocycles. The Labute approximate surface area is 148 Å². The topological polar surface area (TPSA) is 50.7 Å². The van der Waals surface area contributed by atoms with Crippen LogP contribution in [0, 0.1) is 0 Å². The summed E-state index contributed by atoms with van der Waals surface area (Å²) in [5, 5.41) is 15.5. The maximum absolute atomic E-state index is 6.03. The number of hydrogen-bond donors (Lipinski definition) is 1. The summed E-state index contributed by atoms with van der Waals surface area (Å²) in [5.41, 5.74) is 2.97. The van der Waals surface area contributed by atoms with E-state index < -0.39 is 0 Å². The van der Waals surface area contributed by atoms with Gasteiger partial charge >= 0.3 is 0 Å². The molecule has 0 unspecified atom stereocenters. The first-order valence-corrected chi connectivity index (χ1v) is 8.65. The Kier molecular flexibility index (Phi) is 4.11. The van der Waals surface area contributed by atoms with Gasteiger partial charge in [-0.1, -0.05) is 53.3 Å². The van der Waals surface area contributed by atoms with Gasteiger partial charge in [0.25, 0.3) is 0 Å². The van der Waals surface area contributed by atoms with Crippen molar-refractivity contribution in [1.29, 1.82) is 0 Å². The van der Waals surface area contributed by atoms with Crippen LogP contribution in [0.4, 0.5) is 5.69 Å². The lowest BCUT2D eigenvalue weighted by atomic mass is 10.2. The minimum Gasteiger partial charge on any atom is -0.378 e. The van der Waals surface area contributed by atoms with Gasteiger partial charge in [0, 0.05) is 27.9 Å². The van der Waals surface area contributed by atoms with Gasteiger partial charge in [0.2, 0.25) is 0 Å². The van der Waals surface area contributed by atoms with E-state index in [1.807, 2.05) is 54.6 Å². The van der Waals surface area contributed by atoms with E-state index in [0.29, 0.717) is 11.6 Å². The highest BCUT2D eigenvalue weighted by molar-refractivity contribution is 7.14. The largest absolute Gasteiger partial charge is 0.378 e. The summed E-state index contributed by atoms with van der Waals surface area (Å²) in [6.07, 6.45) is 1.77. The molecule has 0 radical (unpaired) electrons. The smallest absolute Gasteiger partial charge is 0.147 e. The van der Waals surface area contributed by atoms with E-state index in [1.54, 1.807) is 17.5 Å². The molecule has 0 aliphatic rings. The van der Waals surface area contributed by atoms with Crippen LogP contribution >= 0.6 is 22.9 Å². The first-order chi connectivity index (χ1) is 11.8. The Morgan fingerprint density at radius 2 is 1.88 bits per heavy atom. The average Bonchev–Trinajstić information content (AvgIpc) is 3.09. The van der Waals surface area contributed by atoms with Gasteiger partial charge in [0.05, 0.1) is 12.1 Å². The number of hydrogen-bond acceptors (Lipinski definition) is 5. The minimum absolute atomic E-state index is 0.617. The first kappa shape index (κ1) is 15.1.